The summed E-state index contributed by atoms with van der Waals surface area (Å²) in [6, 6.07) is 12.1. The molecular weight excluding hydrogens is 286 g/mol. The first-order chi connectivity index (χ1) is 11.2. The molecule has 1 aromatic heterocycles. The van der Waals surface area contributed by atoms with Crippen molar-refractivity contribution in [2.75, 3.05) is 5.32 Å². The molecule has 2 N–H and O–H groups in total. The minimum atomic E-state index is -0.137. The third-order valence-electron chi connectivity index (χ3n) is 3.62. The summed E-state index contributed by atoms with van der Waals surface area (Å²) >= 11 is 0. The number of benzene rings is 1. The molecule has 1 amide bonds. The van der Waals surface area contributed by atoms with Crippen molar-refractivity contribution in [1.29, 1.82) is 0 Å². The molecule has 4 nitrogen and oxygen atoms in total. The third-order valence-corrected chi connectivity index (χ3v) is 3.62. The van der Waals surface area contributed by atoms with Crippen molar-refractivity contribution in [2.45, 2.75) is 6.92 Å². The quantitative estimate of drug-likeness (QED) is 0.520. The molecule has 1 aliphatic rings. The lowest BCUT2D eigenvalue weighted by Gasteiger charge is -2.05. The van der Waals surface area contributed by atoms with Crippen LogP contribution in [0.4, 0.5) is 5.69 Å². The summed E-state index contributed by atoms with van der Waals surface area (Å²) < 4.78 is 0. The zero-order valence-electron chi connectivity index (χ0n) is 12.6. The minimum absolute atomic E-state index is 0.137. The SMILES string of the molecule is C#CNC(=C\C)/C=C1\C(=O)Nc2ccc(-c3cccnc3)cc21. The number of hydrogen-bond donors (Lipinski definition) is 2. The van der Waals surface area contributed by atoms with E-state index in [1.165, 1.54) is 0 Å². The van der Waals surface area contributed by atoms with Gasteiger partial charge in [-0.3, -0.25) is 9.78 Å². The summed E-state index contributed by atoms with van der Waals surface area (Å²) in [6.07, 6.45) is 12.4. The smallest absolute Gasteiger partial charge is 0.256 e. The molecule has 0 fully saturated rings. The second kappa shape index (κ2) is 6.20. The molecule has 0 saturated heterocycles. The molecule has 0 saturated carbocycles. The zero-order chi connectivity index (χ0) is 16.2. The van der Waals surface area contributed by atoms with E-state index in [2.05, 4.69) is 21.7 Å². The van der Waals surface area contributed by atoms with Gasteiger partial charge in [-0.15, -0.1) is 0 Å². The van der Waals surface area contributed by atoms with Gasteiger partial charge in [0.05, 0.1) is 5.57 Å². The molecule has 0 atom stereocenters. The van der Waals surface area contributed by atoms with Gasteiger partial charge in [-0.2, -0.15) is 0 Å². The highest BCUT2D eigenvalue weighted by Crippen LogP contribution is 2.35. The molecule has 0 unspecified atom stereocenters. The van der Waals surface area contributed by atoms with Gasteiger partial charge in [0.1, 0.15) is 0 Å². The second-order valence-corrected chi connectivity index (χ2v) is 5.03. The number of aromatic nitrogens is 1. The fourth-order valence-corrected chi connectivity index (χ4v) is 2.47. The van der Waals surface area contributed by atoms with Gasteiger partial charge in [0.25, 0.3) is 5.91 Å². The Balaban J connectivity index is 2.07. The van der Waals surface area contributed by atoms with Crippen LogP contribution in [0.1, 0.15) is 12.5 Å². The van der Waals surface area contributed by atoms with E-state index in [-0.39, 0.29) is 5.91 Å². The van der Waals surface area contributed by atoms with Crippen LogP contribution in [0.25, 0.3) is 16.7 Å². The van der Waals surface area contributed by atoms with Gasteiger partial charge in [0.15, 0.2) is 0 Å². The average Bonchev–Trinajstić information content (AvgIpc) is 2.90. The van der Waals surface area contributed by atoms with E-state index in [4.69, 9.17) is 6.42 Å². The maximum Gasteiger partial charge on any atom is 0.256 e. The molecule has 2 aromatic rings. The van der Waals surface area contributed by atoms with Gasteiger partial charge in [-0.05, 0) is 36.8 Å². The lowest BCUT2D eigenvalue weighted by molar-refractivity contribution is -0.110. The third kappa shape index (κ3) is 2.85. The Labute approximate surface area is 135 Å². The summed E-state index contributed by atoms with van der Waals surface area (Å²) in [6.45, 7) is 1.86. The number of amides is 1. The number of hydrogen-bond acceptors (Lipinski definition) is 3. The van der Waals surface area contributed by atoms with Crippen molar-refractivity contribution in [3.8, 4) is 23.6 Å². The molecule has 112 valence electrons. The lowest BCUT2D eigenvalue weighted by atomic mass is 10.00. The van der Waals surface area contributed by atoms with Crippen molar-refractivity contribution >= 4 is 17.2 Å². The molecule has 0 bridgehead atoms. The van der Waals surface area contributed by atoms with Crippen molar-refractivity contribution in [2.24, 2.45) is 0 Å². The Hall–Kier alpha value is -3.32. The van der Waals surface area contributed by atoms with E-state index in [0.717, 1.165) is 22.4 Å². The van der Waals surface area contributed by atoms with Crippen LogP contribution in [-0.2, 0) is 4.79 Å². The number of rotatable bonds is 3. The minimum Gasteiger partial charge on any atom is -0.321 e. The summed E-state index contributed by atoms with van der Waals surface area (Å²) in [7, 11) is 0. The highest BCUT2D eigenvalue weighted by molar-refractivity contribution is 6.32. The van der Waals surface area contributed by atoms with Gasteiger partial charge < -0.3 is 10.6 Å². The van der Waals surface area contributed by atoms with E-state index < -0.39 is 0 Å². The number of nitrogens with zero attached hydrogens (tertiary/aromatic N) is 1. The Morgan fingerprint density at radius 2 is 2.22 bits per heavy atom. The predicted molar refractivity (Wildman–Crippen MR) is 92.0 cm³/mol. The number of allylic oxidation sites excluding steroid dienone is 2. The van der Waals surface area contributed by atoms with Gasteiger partial charge in [-0.25, -0.2) is 0 Å². The van der Waals surface area contributed by atoms with Crippen LogP contribution in [0.2, 0.25) is 0 Å². The van der Waals surface area contributed by atoms with Crippen LogP contribution in [-0.4, -0.2) is 10.9 Å². The molecule has 1 aromatic carbocycles. The Morgan fingerprint density at radius 3 is 2.91 bits per heavy atom. The van der Waals surface area contributed by atoms with E-state index in [9.17, 15) is 4.79 Å². The predicted octanol–water partition coefficient (Wildman–Crippen LogP) is 3.17. The van der Waals surface area contributed by atoms with Gasteiger partial charge in [-0.1, -0.05) is 24.6 Å². The number of carbonyl (C=O) groups excluding carboxylic acids is 1. The van der Waals surface area contributed by atoms with E-state index >= 15 is 0 Å². The molecule has 4 heteroatoms. The topological polar surface area (TPSA) is 54.0 Å². The fraction of sp³-hybridized carbons (Fsp3) is 0.0526. The molecule has 0 aliphatic carbocycles. The second-order valence-electron chi connectivity index (χ2n) is 5.03. The normalized spacial score (nSPS) is 15.0. The van der Waals surface area contributed by atoms with Gasteiger partial charge >= 0.3 is 0 Å². The Morgan fingerprint density at radius 1 is 1.35 bits per heavy atom. The van der Waals surface area contributed by atoms with Crippen LogP contribution < -0.4 is 10.6 Å². The molecule has 2 heterocycles. The first-order valence-electron chi connectivity index (χ1n) is 7.18. The van der Waals surface area contributed by atoms with Gasteiger partial charge in [0.2, 0.25) is 0 Å². The Kier molecular flexibility index (Phi) is 3.94. The summed E-state index contributed by atoms with van der Waals surface area (Å²) in [5.41, 5.74) is 4.95. The summed E-state index contributed by atoms with van der Waals surface area (Å²) in [5.74, 6) is -0.137. The van der Waals surface area contributed by atoms with Crippen LogP contribution >= 0.6 is 0 Å². The van der Waals surface area contributed by atoms with Crippen molar-refractivity contribution in [3.63, 3.8) is 0 Å². The molecule has 3 rings (SSSR count). The molecule has 0 radical (unpaired) electrons. The average molecular weight is 301 g/mol. The maximum absolute atomic E-state index is 12.2. The van der Waals surface area contributed by atoms with Crippen LogP contribution in [0.3, 0.4) is 0 Å². The number of fused-ring (bicyclic) bond motifs is 1. The van der Waals surface area contributed by atoms with E-state index in [1.807, 2.05) is 43.3 Å². The Bertz CT molecular complexity index is 858. The van der Waals surface area contributed by atoms with Crippen molar-refractivity contribution < 1.29 is 4.79 Å². The van der Waals surface area contributed by atoms with Crippen LogP contribution in [0.15, 0.2) is 60.6 Å². The maximum atomic E-state index is 12.2. The largest absolute Gasteiger partial charge is 0.321 e. The molecule has 23 heavy (non-hydrogen) atoms. The number of pyridine rings is 1. The fourth-order valence-electron chi connectivity index (χ4n) is 2.47. The standard InChI is InChI=1S/C19H15N3O/c1-3-15(21-4-2)11-17-16-10-13(14-6-5-9-20-12-14)7-8-18(16)22-19(17)23/h2-3,5-12,21H,1H3,(H,22,23)/b15-3-,17-11-. The van der Waals surface area contributed by atoms with Crippen molar-refractivity contribution in [1.82, 2.24) is 10.3 Å². The molecule has 0 spiro atoms. The first kappa shape index (κ1) is 14.6. The van der Waals surface area contributed by atoms with Crippen molar-refractivity contribution in [3.05, 3.63) is 66.1 Å². The summed E-state index contributed by atoms with van der Waals surface area (Å²) in [4.78, 5) is 16.4. The number of nitrogens with one attached hydrogen (secondary N) is 2. The summed E-state index contributed by atoms with van der Waals surface area (Å²) in [5, 5.41) is 5.65. The van der Waals surface area contributed by atoms with E-state index in [0.29, 0.717) is 11.3 Å². The highest BCUT2D eigenvalue weighted by Gasteiger charge is 2.24. The number of anilines is 1. The van der Waals surface area contributed by atoms with Crippen LogP contribution in [0.5, 0.6) is 0 Å². The number of terminal acetylenes is 1. The first-order valence-corrected chi connectivity index (χ1v) is 7.18. The molecule has 1 aliphatic heterocycles. The monoisotopic (exact) mass is 301 g/mol. The van der Waals surface area contributed by atoms with E-state index in [1.54, 1.807) is 18.5 Å². The van der Waals surface area contributed by atoms with Gasteiger partial charge in [0, 0.05) is 40.9 Å². The molecular formula is C19H15N3O. The number of carbonyl (C=O) groups is 1. The lowest BCUT2D eigenvalue weighted by Crippen LogP contribution is -2.07. The zero-order valence-corrected chi connectivity index (χ0v) is 12.6. The van der Waals surface area contributed by atoms with Crippen LogP contribution in [0, 0.1) is 12.5 Å². The highest BCUT2D eigenvalue weighted by atomic mass is 16.2.